The number of aromatic nitrogens is 3. The Morgan fingerprint density at radius 2 is 2.00 bits per heavy atom. The van der Waals surface area contributed by atoms with Crippen LogP contribution in [0.5, 0.6) is 0 Å². The second kappa shape index (κ2) is 10.0. The van der Waals surface area contributed by atoms with E-state index in [0.29, 0.717) is 13.1 Å². The van der Waals surface area contributed by atoms with Crippen molar-refractivity contribution < 1.29 is 14.0 Å². The van der Waals surface area contributed by atoms with E-state index in [1.807, 2.05) is 4.90 Å². The predicted molar refractivity (Wildman–Crippen MR) is 122 cm³/mol. The fraction of sp³-hybridized carbons (Fsp3) is 0.636. The molecule has 0 radical (unpaired) electrons. The lowest BCUT2D eigenvalue weighted by Crippen LogP contribution is -2.63. The monoisotopic (exact) mass is 460 g/mol. The van der Waals surface area contributed by atoms with Gasteiger partial charge in [-0.2, -0.15) is 0 Å². The molecule has 0 bridgehead atoms. The number of nitrogens with zero attached hydrogens (tertiary/aromatic N) is 6. The van der Waals surface area contributed by atoms with Crippen LogP contribution in [0.2, 0.25) is 0 Å². The summed E-state index contributed by atoms with van der Waals surface area (Å²) in [6, 6.07) is 0.0520. The van der Waals surface area contributed by atoms with Crippen LogP contribution < -0.4 is 11.1 Å². The number of likely N-dealkylation sites (tertiary alicyclic amines) is 1. The number of piperidine rings is 1. The van der Waals surface area contributed by atoms with Crippen molar-refractivity contribution in [2.75, 3.05) is 51.5 Å². The molecule has 2 aliphatic heterocycles. The number of rotatable bonds is 6. The summed E-state index contributed by atoms with van der Waals surface area (Å²) in [5.41, 5.74) is 6.41. The molecule has 180 valence electrons. The number of piperazine rings is 1. The number of anilines is 1. The molecule has 11 heteroatoms. The summed E-state index contributed by atoms with van der Waals surface area (Å²) in [5.74, 6) is -0.783. The predicted octanol–water partition coefficient (Wildman–Crippen LogP) is 0.588. The zero-order chi connectivity index (χ0) is 23.5. The summed E-state index contributed by atoms with van der Waals surface area (Å²) < 4.78 is 14.7. The van der Waals surface area contributed by atoms with E-state index in [-0.39, 0.29) is 40.9 Å². The molecule has 3 N–H and O–H groups in total. The van der Waals surface area contributed by atoms with Gasteiger partial charge >= 0.3 is 0 Å². The first-order chi connectivity index (χ1) is 15.9. The van der Waals surface area contributed by atoms with Crippen LogP contribution in [-0.4, -0.2) is 99.0 Å². The highest BCUT2D eigenvalue weighted by atomic mass is 19.1. The maximum absolute atomic E-state index is 13.5. The van der Waals surface area contributed by atoms with Crippen molar-refractivity contribution in [3.63, 3.8) is 0 Å². The molecule has 2 atom stereocenters. The number of nitrogens with one attached hydrogen (secondary N) is 1. The van der Waals surface area contributed by atoms with Gasteiger partial charge in [0.1, 0.15) is 5.56 Å². The number of halogens is 1. The van der Waals surface area contributed by atoms with Gasteiger partial charge in [0.15, 0.2) is 17.3 Å². The number of carbonyl (C=O) groups is 2. The molecule has 2 fully saturated rings. The zero-order valence-electron chi connectivity index (χ0n) is 19.3. The number of fused-ring (bicyclic) bond motifs is 1. The molecule has 2 aromatic rings. The average Bonchev–Trinajstić information content (AvgIpc) is 3.12. The van der Waals surface area contributed by atoms with Gasteiger partial charge in [0.25, 0.3) is 5.91 Å². The summed E-state index contributed by atoms with van der Waals surface area (Å²) in [6.07, 6.45) is 5.37. The quantitative estimate of drug-likeness (QED) is 0.649. The molecule has 2 unspecified atom stereocenters. The van der Waals surface area contributed by atoms with Crippen LogP contribution in [0.4, 0.5) is 10.2 Å². The maximum Gasteiger partial charge on any atom is 0.259 e. The van der Waals surface area contributed by atoms with Crippen molar-refractivity contribution in [1.29, 1.82) is 0 Å². The van der Waals surface area contributed by atoms with Gasteiger partial charge in [-0.05, 0) is 25.9 Å². The van der Waals surface area contributed by atoms with Crippen molar-refractivity contribution in [1.82, 2.24) is 34.6 Å². The van der Waals surface area contributed by atoms with Crippen LogP contribution in [0.1, 0.15) is 43.5 Å². The van der Waals surface area contributed by atoms with Crippen molar-refractivity contribution >= 4 is 23.3 Å². The van der Waals surface area contributed by atoms with Crippen LogP contribution in [-0.2, 0) is 4.79 Å². The van der Waals surface area contributed by atoms with Crippen LogP contribution in [0.3, 0.4) is 0 Å². The smallest absolute Gasteiger partial charge is 0.259 e. The van der Waals surface area contributed by atoms with Crippen molar-refractivity contribution in [2.45, 2.75) is 45.2 Å². The Labute approximate surface area is 192 Å². The van der Waals surface area contributed by atoms with Crippen LogP contribution in [0, 0.1) is 5.82 Å². The van der Waals surface area contributed by atoms with Gasteiger partial charge in [-0.1, -0.05) is 13.3 Å². The number of hydrogen-bond donors (Lipinski definition) is 2. The Morgan fingerprint density at radius 1 is 1.24 bits per heavy atom. The molecule has 0 aliphatic carbocycles. The Balaban J connectivity index is 1.52. The van der Waals surface area contributed by atoms with Gasteiger partial charge in [0.2, 0.25) is 5.91 Å². The van der Waals surface area contributed by atoms with E-state index in [4.69, 9.17) is 5.73 Å². The van der Waals surface area contributed by atoms with Gasteiger partial charge in [-0.3, -0.25) is 14.5 Å². The summed E-state index contributed by atoms with van der Waals surface area (Å²) in [6.45, 7) is 9.44. The number of nitrogens with two attached hydrogens (primary N) is 1. The number of amides is 2. The largest absolute Gasteiger partial charge is 0.381 e. The van der Waals surface area contributed by atoms with Crippen molar-refractivity contribution in [3.8, 4) is 0 Å². The maximum atomic E-state index is 13.5. The molecule has 0 spiro atoms. The van der Waals surface area contributed by atoms with Crippen molar-refractivity contribution in [2.24, 2.45) is 0 Å². The lowest BCUT2D eigenvalue weighted by Gasteiger charge is -2.46. The first-order valence-corrected chi connectivity index (χ1v) is 11.7. The highest BCUT2D eigenvalue weighted by molar-refractivity contribution is 6.04. The Bertz CT molecular complexity index is 1000. The fourth-order valence-corrected chi connectivity index (χ4v) is 4.93. The molecule has 2 amide bonds. The third kappa shape index (κ3) is 5.09. The molecule has 10 nitrogen and oxygen atoms in total. The fourth-order valence-electron chi connectivity index (χ4n) is 4.93. The van der Waals surface area contributed by atoms with Gasteiger partial charge < -0.3 is 20.9 Å². The highest BCUT2D eigenvalue weighted by Crippen LogP contribution is 2.22. The minimum atomic E-state index is -0.555. The van der Waals surface area contributed by atoms with E-state index in [1.165, 1.54) is 4.52 Å². The first-order valence-electron chi connectivity index (χ1n) is 11.7. The Kier molecular flexibility index (Phi) is 7.08. The van der Waals surface area contributed by atoms with Gasteiger partial charge in [0, 0.05) is 45.7 Å². The number of unbranched alkanes of at least 4 members (excludes halogenated alkanes) is 1. The van der Waals surface area contributed by atoms with E-state index in [0.717, 1.165) is 64.4 Å². The summed E-state index contributed by atoms with van der Waals surface area (Å²) in [4.78, 5) is 35.7. The molecule has 0 aromatic carbocycles. The molecule has 2 saturated heterocycles. The topological polar surface area (TPSA) is 112 Å². The highest BCUT2D eigenvalue weighted by Gasteiger charge is 2.36. The third-order valence-electron chi connectivity index (χ3n) is 6.73. The minimum Gasteiger partial charge on any atom is -0.381 e. The van der Waals surface area contributed by atoms with E-state index in [2.05, 4.69) is 32.1 Å². The second-order valence-corrected chi connectivity index (χ2v) is 8.93. The molecule has 4 rings (SSSR count). The molecule has 33 heavy (non-hydrogen) atoms. The van der Waals surface area contributed by atoms with Crippen LogP contribution >= 0.6 is 0 Å². The molecule has 2 aliphatic rings. The molecule has 2 aromatic heterocycles. The van der Waals surface area contributed by atoms with E-state index in [1.54, 1.807) is 6.92 Å². The Morgan fingerprint density at radius 3 is 2.70 bits per heavy atom. The number of hydrogen-bond acceptors (Lipinski definition) is 7. The van der Waals surface area contributed by atoms with Gasteiger partial charge in [0.05, 0.1) is 18.4 Å². The summed E-state index contributed by atoms with van der Waals surface area (Å²) >= 11 is 0. The number of nitrogen functional groups attached to an aromatic ring is 1. The number of carbonyl (C=O) groups excluding carboxylic acids is 2. The summed E-state index contributed by atoms with van der Waals surface area (Å²) in [7, 11) is 0. The lowest BCUT2D eigenvalue weighted by atomic mass is 9.96. The Hall–Kier alpha value is -2.79. The van der Waals surface area contributed by atoms with Crippen LogP contribution in [0.25, 0.3) is 5.65 Å². The average molecular weight is 461 g/mol. The van der Waals surface area contributed by atoms with Crippen LogP contribution in [0.15, 0.2) is 12.4 Å². The molecule has 4 heterocycles. The lowest BCUT2D eigenvalue weighted by molar-refractivity contribution is -0.131. The SMILES string of the molecule is CCCCN1CCC(N2CCN(C(C)=O)CC2)C(NC(=O)c2c(N)nn3cc(F)cnc23)C1. The van der Waals surface area contributed by atoms with Gasteiger partial charge in [-0.25, -0.2) is 13.9 Å². The molecule has 0 saturated carbocycles. The molecular formula is C22H33FN8O2. The minimum absolute atomic E-state index is 0.0240. The first kappa shape index (κ1) is 23.4. The standard InChI is InChI=1S/C22H33FN8O2/c1-3-4-6-28-7-5-18(30-10-8-29(9-11-30)15(2)32)17(14-28)26-22(33)19-20(24)27-31-13-16(23)12-25-21(19)31/h12-13,17-18H,3-11,14H2,1-2H3,(H2,24,27)(H,26,33). The normalized spacial score (nSPS) is 22.6. The van der Waals surface area contributed by atoms with Gasteiger partial charge in [-0.15, -0.1) is 5.10 Å². The second-order valence-electron chi connectivity index (χ2n) is 8.93. The van der Waals surface area contributed by atoms with Crippen molar-refractivity contribution in [3.05, 3.63) is 23.8 Å². The van der Waals surface area contributed by atoms with E-state index in [9.17, 15) is 14.0 Å². The third-order valence-corrected chi connectivity index (χ3v) is 6.73. The van der Waals surface area contributed by atoms with E-state index >= 15 is 0 Å². The zero-order valence-corrected chi connectivity index (χ0v) is 19.3. The van der Waals surface area contributed by atoms with E-state index < -0.39 is 5.82 Å². The summed E-state index contributed by atoms with van der Waals surface area (Å²) in [5, 5.41) is 7.24. The molecular weight excluding hydrogens is 427 g/mol.